The van der Waals surface area contributed by atoms with Gasteiger partial charge in [0, 0.05) is 0 Å². The molecule has 0 spiro atoms. The van der Waals surface area contributed by atoms with Crippen LogP contribution in [0.25, 0.3) is 0 Å². The summed E-state index contributed by atoms with van der Waals surface area (Å²) >= 11 is 0. The van der Waals surface area contributed by atoms with Gasteiger partial charge >= 0.3 is 13.5 Å². The first-order valence-electron chi connectivity index (χ1n) is 7.27. The number of carbonyl (C=O) groups excluding carboxylic acids is 1. The molecule has 0 unspecified atom stereocenters. The fourth-order valence-corrected chi connectivity index (χ4v) is 1.35. The Balaban J connectivity index is 2.50. The quantitative estimate of drug-likeness (QED) is 0.581. The van der Waals surface area contributed by atoms with Gasteiger partial charge in [0.2, 0.25) is 0 Å². The highest BCUT2D eigenvalue weighted by molar-refractivity contribution is 6.47. The van der Waals surface area contributed by atoms with Crippen molar-refractivity contribution in [2.45, 2.75) is 45.8 Å². The Kier molecular flexibility index (Phi) is 6.44. The fraction of sp³-hybridized carbons (Fsp3) is 0.562. The number of hydrogen-bond acceptors (Lipinski definition) is 5. The minimum atomic E-state index is -0.966. The molecule has 0 aliphatic carbocycles. The van der Waals surface area contributed by atoms with Crippen LogP contribution in [0.5, 0.6) is 5.75 Å². The molecule has 0 heterocycles. The summed E-state index contributed by atoms with van der Waals surface area (Å²) in [7, 11) is 1.59. The molecular formula is C16H24BO5. The molecule has 1 rings (SSSR count). The van der Waals surface area contributed by atoms with Gasteiger partial charge in [0.15, 0.2) is 6.61 Å². The molecule has 1 N–H and O–H groups in total. The summed E-state index contributed by atoms with van der Waals surface area (Å²) in [5, 5.41) is 10.0. The van der Waals surface area contributed by atoms with E-state index >= 15 is 0 Å². The summed E-state index contributed by atoms with van der Waals surface area (Å²) in [6.07, 6.45) is 0. The van der Waals surface area contributed by atoms with Crippen LogP contribution in [0.15, 0.2) is 24.3 Å². The van der Waals surface area contributed by atoms with Crippen LogP contribution in [-0.4, -0.2) is 43.0 Å². The number of esters is 1. The summed E-state index contributed by atoms with van der Waals surface area (Å²) in [5.41, 5.74) is -0.848. The predicted molar refractivity (Wildman–Crippen MR) is 85.4 cm³/mol. The first-order valence-corrected chi connectivity index (χ1v) is 7.27. The van der Waals surface area contributed by atoms with Gasteiger partial charge in [-0.15, -0.1) is 0 Å². The molecule has 0 aromatic heterocycles. The lowest BCUT2D eigenvalue weighted by atomic mass is 9.82. The van der Waals surface area contributed by atoms with E-state index < -0.39 is 17.2 Å². The van der Waals surface area contributed by atoms with Crippen molar-refractivity contribution in [3.8, 4) is 5.75 Å². The summed E-state index contributed by atoms with van der Waals surface area (Å²) in [6.45, 7) is 9.02. The van der Waals surface area contributed by atoms with Crippen molar-refractivity contribution in [1.82, 2.24) is 0 Å². The van der Waals surface area contributed by atoms with Crippen LogP contribution in [-0.2, 0) is 14.2 Å². The Labute approximate surface area is 132 Å². The molecule has 121 valence electrons. The largest absolute Gasteiger partial charge is 0.482 e. The van der Waals surface area contributed by atoms with Gasteiger partial charge in [-0.25, -0.2) is 4.79 Å². The van der Waals surface area contributed by atoms with Gasteiger partial charge in [0.1, 0.15) is 5.75 Å². The second-order valence-corrected chi connectivity index (χ2v) is 5.97. The Morgan fingerprint density at radius 3 is 2.27 bits per heavy atom. The van der Waals surface area contributed by atoms with E-state index in [1.54, 1.807) is 52.5 Å². The molecule has 0 amide bonds. The van der Waals surface area contributed by atoms with Crippen LogP contribution in [0, 0.1) is 0 Å². The number of ether oxygens (including phenoxy) is 2. The topological polar surface area (TPSA) is 65.0 Å². The van der Waals surface area contributed by atoms with Crippen LogP contribution in [0.4, 0.5) is 0 Å². The van der Waals surface area contributed by atoms with Crippen molar-refractivity contribution in [2.75, 3.05) is 13.2 Å². The van der Waals surface area contributed by atoms with E-state index in [1.165, 1.54) is 0 Å². The molecule has 1 radical (unpaired) electrons. The van der Waals surface area contributed by atoms with E-state index in [9.17, 15) is 9.90 Å². The second kappa shape index (κ2) is 7.65. The Morgan fingerprint density at radius 2 is 1.77 bits per heavy atom. The van der Waals surface area contributed by atoms with Gasteiger partial charge in [0.25, 0.3) is 0 Å². The summed E-state index contributed by atoms with van der Waals surface area (Å²) < 4.78 is 15.7. The third kappa shape index (κ3) is 5.69. The average Bonchev–Trinajstić information content (AvgIpc) is 2.43. The van der Waals surface area contributed by atoms with E-state index in [4.69, 9.17) is 14.1 Å². The van der Waals surface area contributed by atoms with Crippen LogP contribution in [0.1, 0.15) is 34.6 Å². The number of hydrogen-bond donors (Lipinski definition) is 1. The summed E-state index contributed by atoms with van der Waals surface area (Å²) in [5.74, 6) is 0.181. The molecule has 1 aromatic carbocycles. The molecule has 6 heteroatoms. The van der Waals surface area contributed by atoms with E-state index in [0.29, 0.717) is 12.4 Å². The third-order valence-corrected chi connectivity index (χ3v) is 3.51. The summed E-state index contributed by atoms with van der Waals surface area (Å²) in [6, 6.07) is 7.10. The SMILES string of the molecule is CCOC(=O)COc1ccc([B]OC(C)(C)C(C)(C)O)cc1. The van der Waals surface area contributed by atoms with Gasteiger partial charge < -0.3 is 19.2 Å². The number of rotatable bonds is 8. The lowest BCUT2D eigenvalue weighted by Crippen LogP contribution is -2.49. The highest BCUT2D eigenvalue weighted by Crippen LogP contribution is 2.24. The number of carbonyl (C=O) groups is 1. The maximum Gasteiger partial charge on any atom is 0.344 e. The molecule has 0 aliphatic heterocycles. The van der Waals surface area contributed by atoms with Crippen LogP contribution in [0.3, 0.4) is 0 Å². The smallest absolute Gasteiger partial charge is 0.344 e. The first-order chi connectivity index (χ1) is 10.2. The maximum absolute atomic E-state index is 11.2. The summed E-state index contributed by atoms with van der Waals surface area (Å²) in [4.78, 5) is 11.2. The molecular weight excluding hydrogens is 283 g/mol. The van der Waals surface area contributed by atoms with Crippen molar-refractivity contribution in [3.63, 3.8) is 0 Å². The van der Waals surface area contributed by atoms with Crippen molar-refractivity contribution >= 4 is 18.9 Å². The maximum atomic E-state index is 11.2. The second-order valence-electron chi connectivity index (χ2n) is 5.97. The number of aliphatic hydroxyl groups is 1. The van der Waals surface area contributed by atoms with Gasteiger partial charge in [-0.1, -0.05) is 17.6 Å². The highest BCUT2D eigenvalue weighted by Gasteiger charge is 2.35. The molecule has 0 bridgehead atoms. The molecule has 0 atom stereocenters. The zero-order valence-electron chi connectivity index (χ0n) is 13.9. The van der Waals surface area contributed by atoms with Gasteiger partial charge in [-0.2, -0.15) is 0 Å². The monoisotopic (exact) mass is 307 g/mol. The van der Waals surface area contributed by atoms with Crippen molar-refractivity contribution in [2.24, 2.45) is 0 Å². The zero-order valence-corrected chi connectivity index (χ0v) is 13.9. The van der Waals surface area contributed by atoms with E-state index in [1.807, 2.05) is 13.8 Å². The lowest BCUT2D eigenvalue weighted by Gasteiger charge is -2.37. The molecule has 1 aromatic rings. The molecule has 0 saturated heterocycles. The van der Waals surface area contributed by atoms with Crippen LogP contribution >= 0.6 is 0 Å². The van der Waals surface area contributed by atoms with Gasteiger partial charge in [-0.3, -0.25) is 0 Å². The average molecular weight is 307 g/mol. The normalized spacial score (nSPS) is 11.9. The predicted octanol–water partition coefficient (Wildman–Crippen LogP) is 1.44. The lowest BCUT2D eigenvalue weighted by molar-refractivity contribution is -0.145. The van der Waals surface area contributed by atoms with Crippen LogP contribution < -0.4 is 10.2 Å². The molecule has 22 heavy (non-hydrogen) atoms. The Hall–Kier alpha value is -1.53. The van der Waals surface area contributed by atoms with Crippen molar-refractivity contribution in [3.05, 3.63) is 24.3 Å². The molecule has 0 aliphatic rings. The Bertz CT molecular complexity index is 476. The first kappa shape index (κ1) is 18.5. The zero-order chi connectivity index (χ0) is 16.8. The molecule has 0 saturated carbocycles. The van der Waals surface area contributed by atoms with E-state index in [2.05, 4.69) is 0 Å². The van der Waals surface area contributed by atoms with E-state index in [-0.39, 0.29) is 6.61 Å². The molecule has 0 fully saturated rings. The minimum absolute atomic E-state index is 0.112. The van der Waals surface area contributed by atoms with Gasteiger partial charge in [-0.05, 0) is 46.8 Å². The van der Waals surface area contributed by atoms with E-state index in [0.717, 1.165) is 5.46 Å². The minimum Gasteiger partial charge on any atom is -0.482 e. The van der Waals surface area contributed by atoms with Gasteiger partial charge in [0.05, 0.1) is 17.8 Å². The van der Waals surface area contributed by atoms with Crippen molar-refractivity contribution in [1.29, 1.82) is 0 Å². The third-order valence-electron chi connectivity index (χ3n) is 3.51. The van der Waals surface area contributed by atoms with Crippen molar-refractivity contribution < 1.29 is 24.0 Å². The standard InChI is InChI=1S/C16H24BO5/c1-6-20-14(18)11-21-13-9-7-12(8-10-13)17-22-16(4,5)15(2,3)19/h7-10,19H,6,11H2,1-5H3. The highest BCUT2D eigenvalue weighted by atomic mass is 16.6. The van der Waals surface area contributed by atoms with Crippen LogP contribution in [0.2, 0.25) is 0 Å². The number of benzene rings is 1. The fourth-order valence-electron chi connectivity index (χ4n) is 1.35. The Morgan fingerprint density at radius 1 is 1.18 bits per heavy atom. The molecule has 5 nitrogen and oxygen atoms in total.